The van der Waals surface area contributed by atoms with Gasteiger partial charge in [-0.2, -0.15) is 0 Å². The quantitative estimate of drug-likeness (QED) is 0.912. The smallest absolute Gasteiger partial charge is 0.223 e. The normalized spacial score (nSPS) is 18.4. The highest BCUT2D eigenvalue weighted by atomic mass is 16.2. The third-order valence-corrected chi connectivity index (χ3v) is 4.10. The molecule has 1 N–H and O–H groups in total. The molecular weight excluding hydrogens is 278 g/mol. The van der Waals surface area contributed by atoms with E-state index in [0.29, 0.717) is 12.8 Å². The van der Waals surface area contributed by atoms with Gasteiger partial charge in [-0.1, -0.05) is 30.3 Å². The van der Waals surface area contributed by atoms with Crippen molar-refractivity contribution in [3.63, 3.8) is 0 Å². The number of hydrogen-bond acceptors (Lipinski definition) is 4. The Hall–Kier alpha value is -2.21. The number of aromatic nitrogens is 3. The van der Waals surface area contributed by atoms with E-state index in [2.05, 4.69) is 27.6 Å². The predicted molar refractivity (Wildman–Crippen MR) is 83.1 cm³/mol. The molecule has 0 unspecified atom stereocenters. The van der Waals surface area contributed by atoms with Crippen molar-refractivity contribution in [2.24, 2.45) is 7.05 Å². The van der Waals surface area contributed by atoms with Gasteiger partial charge >= 0.3 is 0 Å². The first-order chi connectivity index (χ1) is 10.7. The molecule has 1 amide bonds. The van der Waals surface area contributed by atoms with Crippen LogP contribution in [0.25, 0.3) is 0 Å². The number of benzene rings is 1. The van der Waals surface area contributed by atoms with E-state index in [9.17, 15) is 4.79 Å². The van der Waals surface area contributed by atoms with Crippen LogP contribution in [0, 0.1) is 0 Å². The predicted octanol–water partition coefficient (Wildman–Crippen LogP) is 0.921. The van der Waals surface area contributed by atoms with E-state index >= 15 is 0 Å². The van der Waals surface area contributed by atoms with Crippen molar-refractivity contribution in [1.82, 2.24) is 25.0 Å². The van der Waals surface area contributed by atoms with Crippen LogP contribution in [0.5, 0.6) is 0 Å². The van der Waals surface area contributed by atoms with Gasteiger partial charge in [-0.25, -0.2) is 0 Å². The molecule has 0 radical (unpaired) electrons. The van der Waals surface area contributed by atoms with Gasteiger partial charge in [0.2, 0.25) is 5.91 Å². The van der Waals surface area contributed by atoms with E-state index in [1.807, 2.05) is 34.7 Å². The lowest BCUT2D eigenvalue weighted by atomic mass is 10.0. The highest BCUT2D eigenvalue weighted by Crippen LogP contribution is 2.17. The lowest BCUT2D eigenvalue weighted by molar-refractivity contribution is -0.132. The van der Waals surface area contributed by atoms with Gasteiger partial charge < -0.3 is 14.8 Å². The summed E-state index contributed by atoms with van der Waals surface area (Å²) in [6.45, 7) is 2.32. The molecule has 116 valence electrons. The van der Waals surface area contributed by atoms with E-state index < -0.39 is 0 Å². The minimum Gasteiger partial charge on any atom is -0.340 e. The van der Waals surface area contributed by atoms with E-state index in [0.717, 1.165) is 25.5 Å². The van der Waals surface area contributed by atoms with Gasteiger partial charge in [0.25, 0.3) is 0 Å². The lowest BCUT2D eigenvalue weighted by Crippen LogP contribution is -2.48. The molecule has 0 aliphatic carbocycles. The third kappa shape index (κ3) is 3.33. The summed E-state index contributed by atoms with van der Waals surface area (Å²) in [6.07, 6.45) is 2.78. The summed E-state index contributed by atoms with van der Waals surface area (Å²) in [7, 11) is 1.90. The standard InChI is InChI=1S/C16H21N5O/c1-20-12-18-19-15(20)7-8-16(22)21-10-9-17-14(11-21)13-5-3-2-4-6-13/h2-6,12,14,17H,7-11H2,1H3/t14-/m0/s1. The zero-order chi connectivity index (χ0) is 15.4. The van der Waals surface area contributed by atoms with E-state index in [4.69, 9.17) is 0 Å². The van der Waals surface area contributed by atoms with Crippen LogP contribution in [0.3, 0.4) is 0 Å². The molecule has 1 atom stereocenters. The highest BCUT2D eigenvalue weighted by molar-refractivity contribution is 5.76. The Balaban J connectivity index is 1.57. The summed E-state index contributed by atoms with van der Waals surface area (Å²) in [5.41, 5.74) is 1.23. The second-order valence-electron chi connectivity index (χ2n) is 5.62. The molecule has 1 aromatic heterocycles. The largest absolute Gasteiger partial charge is 0.340 e. The molecule has 0 bridgehead atoms. The van der Waals surface area contributed by atoms with Crippen molar-refractivity contribution in [3.8, 4) is 0 Å². The van der Waals surface area contributed by atoms with Crippen molar-refractivity contribution in [2.75, 3.05) is 19.6 Å². The van der Waals surface area contributed by atoms with E-state index in [-0.39, 0.29) is 11.9 Å². The zero-order valence-electron chi connectivity index (χ0n) is 12.8. The first-order valence-corrected chi connectivity index (χ1v) is 7.63. The Morgan fingerprint density at radius 1 is 1.36 bits per heavy atom. The fraction of sp³-hybridized carbons (Fsp3) is 0.438. The molecule has 1 aromatic carbocycles. The molecule has 1 saturated heterocycles. The van der Waals surface area contributed by atoms with Crippen LogP contribution in [-0.2, 0) is 18.3 Å². The third-order valence-electron chi connectivity index (χ3n) is 4.10. The maximum Gasteiger partial charge on any atom is 0.223 e. The van der Waals surface area contributed by atoms with E-state index in [1.54, 1.807) is 6.33 Å². The van der Waals surface area contributed by atoms with Crippen molar-refractivity contribution in [1.29, 1.82) is 0 Å². The number of hydrogen-bond donors (Lipinski definition) is 1. The number of rotatable bonds is 4. The molecular formula is C16H21N5O. The summed E-state index contributed by atoms with van der Waals surface area (Å²) in [6, 6.07) is 10.5. The molecule has 3 rings (SSSR count). The number of amides is 1. The maximum atomic E-state index is 12.4. The lowest BCUT2D eigenvalue weighted by Gasteiger charge is -2.34. The fourth-order valence-electron chi connectivity index (χ4n) is 2.80. The van der Waals surface area contributed by atoms with Gasteiger partial charge in [-0.15, -0.1) is 10.2 Å². The Bertz CT molecular complexity index is 624. The fourth-order valence-corrected chi connectivity index (χ4v) is 2.80. The molecule has 6 nitrogen and oxygen atoms in total. The van der Waals surface area contributed by atoms with Gasteiger partial charge in [0.1, 0.15) is 12.2 Å². The van der Waals surface area contributed by atoms with Crippen LogP contribution in [0.2, 0.25) is 0 Å². The number of carbonyl (C=O) groups is 1. The second-order valence-corrected chi connectivity index (χ2v) is 5.62. The van der Waals surface area contributed by atoms with Crippen LogP contribution >= 0.6 is 0 Å². The number of piperazine rings is 1. The summed E-state index contributed by atoms with van der Waals surface area (Å²) >= 11 is 0. The highest BCUT2D eigenvalue weighted by Gasteiger charge is 2.24. The Labute approximate surface area is 130 Å². The first kappa shape index (κ1) is 14.7. The van der Waals surface area contributed by atoms with Gasteiger partial charge in [0.15, 0.2) is 0 Å². The second kappa shape index (κ2) is 6.70. The summed E-state index contributed by atoms with van der Waals surface area (Å²) in [5, 5.41) is 11.3. The van der Waals surface area contributed by atoms with Crippen molar-refractivity contribution < 1.29 is 4.79 Å². The SMILES string of the molecule is Cn1cnnc1CCC(=O)N1CCN[C@H](c2ccccc2)C1. The number of carbonyl (C=O) groups excluding carboxylic acids is 1. The van der Waals surface area contributed by atoms with Gasteiger partial charge in [0.05, 0.1) is 0 Å². The van der Waals surface area contributed by atoms with Crippen LogP contribution in [-0.4, -0.2) is 45.2 Å². The Morgan fingerprint density at radius 2 is 2.18 bits per heavy atom. The molecule has 0 saturated carbocycles. The van der Waals surface area contributed by atoms with Crippen LogP contribution in [0.15, 0.2) is 36.7 Å². The molecule has 6 heteroatoms. The average Bonchev–Trinajstić information content (AvgIpc) is 2.99. The molecule has 2 heterocycles. The molecule has 0 spiro atoms. The van der Waals surface area contributed by atoms with Crippen LogP contribution < -0.4 is 5.32 Å². The molecule has 1 aliphatic heterocycles. The van der Waals surface area contributed by atoms with Crippen molar-refractivity contribution in [3.05, 3.63) is 48.0 Å². The molecule has 22 heavy (non-hydrogen) atoms. The van der Waals surface area contributed by atoms with Crippen molar-refractivity contribution >= 4 is 5.91 Å². The molecule has 1 fully saturated rings. The summed E-state index contributed by atoms with van der Waals surface area (Å²) in [4.78, 5) is 14.4. The van der Waals surface area contributed by atoms with Gasteiger partial charge in [0, 0.05) is 45.6 Å². The minimum absolute atomic E-state index is 0.186. The molecule has 2 aromatic rings. The van der Waals surface area contributed by atoms with Crippen LogP contribution in [0.1, 0.15) is 23.9 Å². The van der Waals surface area contributed by atoms with Gasteiger partial charge in [-0.3, -0.25) is 4.79 Å². The molecule has 1 aliphatic rings. The number of nitrogens with zero attached hydrogens (tertiary/aromatic N) is 4. The number of nitrogens with one attached hydrogen (secondary N) is 1. The minimum atomic E-state index is 0.186. The summed E-state index contributed by atoms with van der Waals surface area (Å²) < 4.78 is 1.86. The van der Waals surface area contributed by atoms with E-state index in [1.165, 1.54) is 5.56 Å². The average molecular weight is 299 g/mol. The Morgan fingerprint density at radius 3 is 2.91 bits per heavy atom. The topological polar surface area (TPSA) is 63.1 Å². The van der Waals surface area contributed by atoms with Crippen LogP contribution in [0.4, 0.5) is 0 Å². The summed E-state index contributed by atoms with van der Waals surface area (Å²) in [5.74, 6) is 1.04. The maximum absolute atomic E-state index is 12.4. The first-order valence-electron chi connectivity index (χ1n) is 7.63. The zero-order valence-corrected chi connectivity index (χ0v) is 12.8. The Kier molecular flexibility index (Phi) is 4.48. The van der Waals surface area contributed by atoms with Crippen molar-refractivity contribution in [2.45, 2.75) is 18.9 Å². The van der Waals surface area contributed by atoms with Gasteiger partial charge in [-0.05, 0) is 5.56 Å². The number of aryl methyl sites for hydroxylation is 2. The monoisotopic (exact) mass is 299 g/mol.